The zero-order valence-corrected chi connectivity index (χ0v) is 16.5. The molecule has 2 aromatic heterocycles. The molecule has 0 saturated heterocycles. The highest BCUT2D eigenvalue weighted by Crippen LogP contribution is 2.22. The normalized spacial score (nSPS) is 13.2. The van der Waals surface area contributed by atoms with Crippen LogP contribution in [0.25, 0.3) is 5.52 Å². The van der Waals surface area contributed by atoms with Crippen LogP contribution >= 0.6 is 0 Å². The zero-order valence-electron chi connectivity index (χ0n) is 16.5. The van der Waals surface area contributed by atoms with Crippen molar-refractivity contribution in [2.45, 2.75) is 32.2 Å². The second-order valence-corrected chi connectivity index (χ2v) is 7.67. The molecule has 150 valence electrons. The molecule has 0 bridgehead atoms. The summed E-state index contributed by atoms with van der Waals surface area (Å²) in [7, 11) is 0. The van der Waals surface area contributed by atoms with Gasteiger partial charge in [0, 0.05) is 29.2 Å². The van der Waals surface area contributed by atoms with E-state index in [1.165, 1.54) is 0 Å². The molecule has 2 aromatic carbocycles. The van der Waals surface area contributed by atoms with Crippen LogP contribution in [0.15, 0.2) is 71.8 Å². The van der Waals surface area contributed by atoms with Crippen molar-refractivity contribution in [3.05, 3.63) is 99.7 Å². The average Bonchev–Trinajstić information content (AvgIpc) is 3.16. The number of carbonyl (C=O) groups is 1. The summed E-state index contributed by atoms with van der Waals surface area (Å²) in [5.41, 5.74) is 5.15. The van der Waals surface area contributed by atoms with E-state index < -0.39 is 0 Å². The molecule has 0 fully saturated rings. The first-order valence-corrected chi connectivity index (χ1v) is 10.2. The number of amides is 1. The summed E-state index contributed by atoms with van der Waals surface area (Å²) in [6.45, 7) is 0.454. The number of rotatable bonds is 4. The Morgan fingerprint density at radius 1 is 0.967 bits per heavy atom. The summed E-state index contributed by atoms with van der Waals surface area (Å²) in [6, 6.07) is 16.7. The lowest BCUT2D eigenvalue weighted by molar-refractivity contribution is 0.102. The third-order valence-corrected chi connectivity index (χ3v) is 5.63. The molecular weight excluding hydrogens is 376 g/mol. The molecule has 0 atom stereocenters. The number of aromatic nitrogens is 3. The number of nitrogens with one attached hydrogen (secondary N) is 1. The van der Waals surface area contributed by atoms with E-state index in [0.717, 1.165) is 48.2 Å². The average molecular weight is 398 g/mol. The van der Waals surface area contributed by atoms with Gasteiger partial charge in [-0.3, -0.25) is 9.59 Å². The Hall–Kier alpha value is -3.67. The van der Waals surface area contributed by atoms with Gasteiger partial charge >= 0.3 is 0 Å². The fourth-order valence-electron chi connectivity index (χ4n) is 4.06. The van der Waals surface area contributed by atoms with Gasteiger partial charge in [-0.1, -0.05) is 30.3 Å². The third-order valence-electron chi connectivity index (χ3n) is 5.63. The summed E-state index contributed by atoms with van der Waals surface area (Å²) in [6.07, 6.45) is 7.75. The number of benzene rings is 2. The van der Waals surface area contributed by atoms with Gasteiger partial charge in [0.05, 0.1) is 12.2 Å². The molecule has 1 aliphatic rings. The maximum Gasteiger partial charge on any atom is 0.277 e. The molecule has 30 heavy (non-hydrogen) atoms. The maximum atomic E-state index is 13.1. The largest absolute Gasteiger partial charge is 0.322 e. The molecule has 6 heteroatoms. The highest BCUT2D eigenvalue weighted by molar-refractivity contribution is 6.04. The molecular formula is C24H22N4O2. The number of fused-ring (bicyclic) bond motifs is 3. The van der Waals surface area contributed by atoms with Crippen LogP contribution in [0.3, 0.4) is 0 Å². The number of hydrogen-bond donors (Lipinski definition) is 1. The monoisotopic (exact) mass is 398 g/mol. The SMILES string of the molecule is O=C(Nc1ccccc1)c1ccc(Cn2ccn3nc4c(c3c2=O)CCCC4)cc1. The first-order valence-electron chi connectivity index (χ1n) is 10.2. The minimum absolute atomic E-state index is 0.0148. The molecule has 5 rings (SSSR count). The van der Waals surface area contributed by atoms with Crippen molar-refractivity contribution in [2.75, 3.05) is 5.32 Å². The predicted molar refractivity (Wildman–Crippen MR) is 116 cm³/mol. The van der Waals surface area contributed by atoms with Gasteiger partial charge in [0.1, 0.15) is 5.52 Å². The first kappa shape index (κ1) is 18.4. The number of aryl methyl sites for hydroxylation is 2. The Balaban J connectivity index is 1.37. The van der Waals surface area contributed by atoms with Gasteiger partial charge in [0.25, 0.3) is 11.5 Å². The molecule has 6 nitrogen and oxygen atoms in total. The second-order valence-electron chi connectivity index (χ2n) is 7.67. The summed E-state index contributed by atoms with van der Waals surface area (Å²) in [4.78, 5) is 25.5. The van der Waals surface area contributed by atoms with Gasteiger partial charge in [-0.05, 0) is 55.5 Å². The summed E-state index contributed by atoms with van der Waals surface area (Å²) in [5, 5.41) is 7.47. The van der Waals surface area contributed by atoms with Crippen LogP contribution in [0.2, 0.25) is 0 Å². The molecule has 4 aromatic rings. The van der Waals surface area contributed by atoms with Crippen molar-refractivity contribution in [2.24, 2.45) is 0 Å². The zero-order chi connectivity index (χ0) is 20.5. The van der Waals surface area contributed by atoms with Crippen molar-refractivity contribution in [3.8, 4) is 0 Å². The van der Waals surface area contributed by atoms with E-state index in [-0.39, 0.29) is 11.5 Å². The van der Waals surface area contributed by atoms with Crippen molar-refractivity contribution in [1.82, 2.24) is 14.2 Å². The van der Waals surface area contributed by atoms with Crippen LogP contribution in [-0.2, 0) is 19.4 Å². The minimum Gasteiger partial charge on any atom is -0.322 e. The number of nitrogens with zero attached hydrogens (tertiary/aromatic N) is 3. The van der Waals surface area contributed by atoms with E-state index in [9.17, 15) is 9.59 Å². The number of carbonyl (C=O) groups excluding carboxylic acids is 1. The Morgan fingerprint density at radius 3 is 2.53 bits per heavy atom. The van der Waals surface area contributed by atoms with Crippen molar-refractivity contribution in [3.63, 3.8) is 0 Å². The summed E-state index contributed by atoms with van der Waals surface area (Å²) in [5.74, 6) is -0.155. The lowest BCUT2D eigenvalue weighted by Crippen LogP contribution is -2.23. The Bertz CT molecular complexity index is 1270. The van der Waals surface area contributed by atoms with E-state index >= 15 is 0 Å². The van der Waals surface area contributed by atoms with Crippen LogP contribution < -0.4 is 10.9 Å². The Labute approximate surface area is 173 Å². The van der Waals surface area contributed by atoms with Crippen LogP contribution in [0.4, 0.5) is 5.69 Å². The topological polar surface area (TPSA) is 68.4 Å². The lowest BCUT2D eigenvalue weighted by atomic mass is 9.97. The third kappa shape index (κ3) is 3.41. The number of hydrogen-bond acceptors (Lipinski definition) is 3. The predicted octanol–water partition coefficient (Wildman–Crippen LogP) is 3.68. The van der Waals surface area contributed by atoms with Gasteiger partial charge in [-0.2, -0.15) is 5.10 Å². The van der Waals surface area contributed by atoms with E-state index in [0.29, 0.717) is 17.6 Å². The fourth-order valence-corrected chi connectivity index (χ4v) is 4.06. The Kier molecular flexibility index (Phi) is 4.67. The summed E-state index contributed by atoms with van der Waals surface area (Å²) < 4.78 is 3.44. The summed E-state index contributed by atoms with van der Waals surface area (Å²) >= 11 is 0. The molecule has 0 unspecified atom stereocenters. The highest BCUT2D eigenvalue weighted by Gasteiger charge is 2.19. The van der Waals surface area contributed by atoms with Crippen LogP contribution in [0.5, 0.6) is 0 Å². The maximum absolute atomic E-state index is 13.1. The molecule has 0 spiro atoms. The van der Waals surface area contributed by atoms with Gasteiger partial charge in [0.15, 0.2) is 0 Å². The molecule has 2 heterocycles. The Morgan fingerprint density at radius 2 is 1.73 bits per heavy atom. The first-order chi connectivity index (χ1) is 14.7. The standard InChI is InChI=1S/C24H22N4O2/c29-23(25-19-6-2-1-3-7-19)18-12-10-17(11-13-18)16-27-14-15-28-22(24(27)30)20-8-4-5-9-21(20)26-28/h1-3,6-7,10-15H,4-5,8-9,16H2,(H,25,29). The van der Waals surface area contributed by atoms with Crippen molar-refractivity contribution in [1.29, 1.82) is 0 Å². The van der Waals surface area contributed by atoms with E-state index in [1.807, 2.05) is 48.7 Å². The molecule has 1 amide bonds. The van der Waals surface area contributed by atoms with Crippen LogP contribution in [0, 0.1) is 0 Å². The highest BCUT2D eigenvalue weighted by atomic mass is 16.1. The van der Waals surface area contributed by atoms with Gasteiger partial charge in [-0.15, -0.1) is 0 Å². The van der Waals surface area contributed by atoms with Gasteiger partial charge in [0.2, 0.25) is 0 Å². The van der Waals surface area contributed by atoms with Gasteiger partial charge < -0.3 is 9.88 Å². The molecule has 1 N–H and O–H groups in total. The lowest BCUT2D eigenvalue weighted by Gasteiger charge is -2.10. The van der Waals surface area contributed by atoms with Crippen molar-refractivity contribution >= 4 is 17.1 Å². The van der Waals surface area contributed by atoms with Crippen LogP contribution in [0.1, 0.15) is 40.0 Å². The second kappa shape index (κ2) is 7.63. The van der Waals surface area contributed by atoms with E-state index in [1.54, 1.807) is 27.4 Å². The quantitative estimate of drug-likeness (QED) is 0.570. The van der Waals surface area contributed by atoms with E-state index in [4.69, 9.17) is 0 Å². The van der Waals surface area contributed by atoms with Crippen LogP contribution in [-0.4, -0.2) is 20.1 Å². The van der Waals surface area contributed by atoms with Gasteiger partial charge in [-0.25, -0.2) is 4.52 Å². The fraction of sp³-hybridized carbons (Fsp3) is 0.208. The smallest absolute Gasteiger partial charge is 0.277 e. The van der Waals surface area contributed by atoms with E-state index in [2.05, 4.69) is 10.4 Å². The molecule has 0 saturated carbocycles. The molecule has 1 aliphatic carbocycles. The van der Waals surface area contributed by atoms with Crippen molar-refractivity contribution < 1.29 is 4.79 Å². The molecule has 0 aliphatic heterocycles. The number of anilines is 1. The number of para-hydroxylation sites is 1. The minimum atomic E-state index is -0.155. The molecule has 0 radical (unpaired) electrons.